The summed E-state index contributed by atoms with van der Waals surface area (Å²) in [6.07, 6.45) is 0. The standard InChI is InChI=1S/C14H10Cl2F2O/c15-7-9-1-4-14(12(16)5-9)19-8-10-2-3-11(17)6-13(10)18/h1-6H,7-8H2. The smallest absolute Gasteiger partial charge is 0.138 e. The third-order valence-corrected chi connectivity index (χ3v) is 3.15. The Bertz CT molecular complexity index is 588. The molecule has 0 aliphatic rings. The van der Waals surface area contributed by atoms with Gasteiger partial charge in [-0.1, -0.05) is 17.7 Å². The van der Waals surface area contributed by atoms with Gasteiger partial charge in [0.05, 0.1) is 5.02 Å². The van der Waals surface area contributed by atoms with Crippen LogP contribution in [0.5, 0.6) is 5.75 Å². The van der Waals surface area contributed by atoms with E-state index in [4.69, 9.17) is 27.9 Å². The number of hydrogen-bond acceptors (Lipinski definition) is 1. The average Bonchev–Trinajstić information content (AvgIpc) is 2.39. The van der Waals surface area contributed by atoms with Crippen LogP contribution in [0.1, 0.15) is 11.1 Å². The number of halogens is 4. The summed E-state index contributed by atoms with van der Waals surface area (Å²) in [6.45, 7) is -0.0218. The van der Waals surface area contributed by atoms with Gasteiger partial charge >= 0.3 is 0 Å². The van der Waals surface area contributed by atoms with Crippen molar-refractivity contribution < 1.29 is 13.5 Å². The average molecular weight is 303 g/mol. The van der Waals surface area contributed by atoms with E-state index in [0.717, 1.165) is 11.6 Å². The normalized spacial score (nSPS) is 10.5. The van der Waals surface area contributed by atoms with Crippen molar-refractivity contribution in [3.05, 3.63) is 64.2 Å². The molecule has 0 aliphatic heterocycles. The topological polar surface area (TPSA) is 9.23 Å². The van der Waals surface area contributed by atoms with E-state index in [9.17, 15) is 8.78 Å². The highest BCUT2D eigenvalue weighted by Crippen LogP contribution is 2.27. The van der Waals surface area contributed by atoms with Crippen molar-refractivity contribution in [1.82, 2.24) is 0 Å². The van der Waals surface area contributed by atoms with Crippen molar-refractivity contribution in [3.8, 4) is 5.75 Å². The Morgan fingerprint density at radius 2 is 1.84 bits per heavy atom. The van der Waals surface area contributed by atoms with Crippen molar-refractivity contribution in [2.75, 3.05) is 0 Å². The molecule has 5 heteroatoms. The molecule has 0 saturated carbocycles. The molecule has 0 aromatic heterocycles. The molecule has 1 nitrogen and oxygen atoms in total. The number of benzene rings is 2. The lowest BCUT2D eigenvalue weighted by atomic mass is 10.2. The molecule has 0 bridgehead atoms. The fourth-order valence-electron chi connectivity index (χ4n) is 1.54. The SMILES string of the molecule is Fc1ccc(COc2ccc(CCl)cc2Cl)c(F)c1. The largest absolute Gasteiger partial charge is 0.487 e. The lowest BCUT2D eigenvalue weighted by Gasteiger charge is -2.09. The first-order valence-corrected chi connectivity index (χ1v) is 6.42. The van der Waals surface area contributed by atoms with E-state index in [2.05, 4.69) is 0 Å². The predicted octanol–water partition coefficient (Wildman–Crippen LogP) is 4.94. The fourth-order valence-corrected chi connectivity index (χ4v) is 1.96. The third-order valence-electron chi connectivity index (χ3n) is 2.55. The van der Waals surface area contributed by atoms with Crippen LogP contribution >= 0.6 is 23.2 Å². The number of alkyl halides is 1. The minimum Gasteiger partial charge on any atom is -0.487 e. The molecule has 2 aromatic carbocycles. The van der Waals surface area contributed by atoms with Crippen LogP contribution in [0.4, 0.5) is 8.78 Å². The Morgan fingerprint density at radius 3 is 2.47 bits per heavy atom. The Balaban J connectivity index is 2.10. The van der Waals surface area contributed by atoms with Crippen molar-refractivity contribution in [1.29, 1.82) is 0 Å². The third kappa shape index (κ3) is 3.58. The second-order valence-corrected chi connectivity index (χ2v) is 4.60. The molecule has 2 aromatic rings. The summed E-state index contributed by atoms with van der Waals surface area (Å²) in [4.78, 5) is 0. The molecule has 0 atom stereocenters. The first-order chi connectivity index (χ1) is 9.10. The maximum Gasteiger partial charge on any atom is 0.138 e. The first-order valence-electron chi connectivity index (χ1n) is 5.51. The highest BCUT2D eigenvalue weighted by Gasteiger charge is 2.07. The van der Waals surface area contributed by atoms with Crippen LogP contribution in [0.3, 0.4) is 0 Å². The minimum atomic E-state index is -0.645. The van der Waals surface area contributed by atoms with Crippen LogP contribution in [-0.4, -0.2) is 0 Å². The molecule has 0 radical (unpaired) electrons. The number of ether oxygens (including phenoxy) is 1. The highest BCUT2D eigenvalue weighted by atomic mass is 35.5. The lowest BCUT2D eigenvalue weighted by Crippen LogP contribution is -1.99. The van der Waals surface area contributed by atoms with Crippen LogP contribution in [0.2, 0.25) is 5.02 Å². The molecule has 0 fully saturated rings. The van der Waals surface area contributed by atoms with Crippen LogP contribution in [0.15, 0.2) is 36.4 Å². The second kappa shape index (κ2) is 6.22. The zero-order valence-corrected chi connectivity index (χ0v) is 11.3. The van der Waals surface area contributed by atoms with Gasteiger partial charge in [-0.05, 0) is 29.8 Å². The van der Waals surface area contributed by atoms with Crippen LogP contribution in [0, 0.1) is 11.6 Å². The summed E-state index contributed by atoms with van der Waals surface area (Å²) < 4.78 is 31.6. The molecule has 0 unspecified atom stereocenters. The van der Waals surface area contributed by atoms with Crippen molar-refractivity contribution in [2.45, 2.75) is 12.5 Å². The molecule has 0 amide bonds. The zero-order chi connectivity index (χ0) is 13.8. The lowest BCUT2D eigenvalue weighted by molar-refractivity contribution is 0.299. The van der Waals surface area contributed by atoms with Gasteiger partial charge in [0.1, 0.15) is 24.0 Å². The van der Waals surface area contributed by atoms with Crippen LogP contribution < -0.4 is 4.74 Å². The molecule has 100 valence electrons. The van der Waals surface area contributed by atoms with Crippen molar-refractivity contribution in [2.24, 2.45) is 0 Å². The predicted molar refractivity (Wildman–Crippen MR) is 71.7 cm³/mol. The summed E-state index contributed by atoms with van der Waals surface area (Å²) >= 11 is 11.7. The fraction of sp³-hybridized carbons (Fsp3) is 0.143. The van der Waals surface area contributed by atoms with Gasteiger partial charge in [-0.3, -0.25) is 0 Å². The van der Waals surface area contributed by atoms with Gasteiger partial charge in [-0.25, -0.2) is 8.78 Å². The summed E-state index contributed by atoms with van der Waals surface area (Å²) in [5, 5.41) is 0.403. The van der Waals surface area contributed by atoms with Crippen molar-refractivity contribution in [3.63, 3.8) is 0 Å². The molecule has 2 rings (SSSR count). The minimum absolute atomic E-state index is 0.0218. The molecular formula is C14H10Cl2F2O. The quantitative estimate of drug-likeness (QED) is 0.727. The van der Waals surface area contributed by atoms with Gasteiger partial charge in [0.25, 0.3) is 0 Å². The van der Waals surface area contributed by atoms with Crippen LogP contribution in [-0.2, 0) is 12.5 Å². The van der Waals surface area contributed by atoms with Gasteiger partial charge in [0.2, 0.25) is 0 Å². The molecule has 0 heterocycles. The van der Waals surface area contributed by atoms with Gasteiger partial charge in [-0.15, -0.1) is 11.6 Å². The summed E-state index contributed by atoms with van der Waals surface area (Å²) in [5.74, 6) is -0.481. The van der Waals surface area contributed by atoms with Crippen molar-refractivity contribution >= 4 is 23.2 Å². The van der Waals surface area contributed by atoms with Gasteiger partial charge in [-0.2, -0.15) is 0 Å². The van der Waals surface area contributed by atoms with Gasteiger partial charge < -0.3 is 4.74 Å². The second-order valence-electron chi connectivity index (χ2n) is 3.92. The van der Waals surface area contributed by atoms with E-state index < -0.39 is 11.6 Å². The monoisotopic (exact) mass is 302 g/mol. The maximum atomic E-state index is 13.4. The molecule has 19 heavy (non-hydrogen) atoms. The molecule has 0 spiro atoms. The van der Waals surface area contributed by atoms with Gasteiger partial charge in [0.15, 0.2) is 0 Å². The van der Waals surface area contributed by atoms with E-state index >= 15 is 0 Å². The Hall–Kier alpha value is -1.32. The van der Waals surface area contributed by atoms with E-state index in [-0.39, 0.29) is 12.2 Å². The Morgan fingerprint density at radius 1 is 1.05 bits per heavy atom. The van der Waals surface area contributed by atoms with Gasteiger partial charge in [0, 0.05) is 17.5 Å². The number of hydrogen-bond donors (Lipinski definition) is 0. The van der Waals surface area contributed by atoms with E-state index in [1.54, 1.807) is 18.2 Å². The van der Waals surface area contributed by atoms with Crippen LogP contribution in [0.25, 0.3) is 0 Å². The summed E-state index contributed by atoms with van der Waals surface area (Å²) in [5.41, 5.74) is 1.13. The van der Waals surface area contributed by atoms with E-state index in [1.807, 2.05) is 0 Å². The van der Waals surface area contributed by atoms with E-state index in [0.29, 0.717) is 16.7 Å². The molecular weight excluding hydrogens is 293 g/mol. The molecule has 0 saturated heterocycles. The summed E-state index contributed by atoms with van der Waals surface area (Å²) in [7, 11) is 0. The number of rotatable bonds is 4. The molecule has 0 N–H and O–H groups in total. The Kier molecular flexibility index (Phi) is 4.61. The molecule has 0 aliphatic carbocycles. The summed E-state index contributed by atoms with van der Waals surface area (Å²) in [6, 6.07) is 8.46. The first kappa shape index (κ1) is 14.1. The zero-order valence-electron chi connectivity index (χ0n) is 9.80. The highest BCUT2D eigenvalue weighted by molar-refractivity contribution is 6.32. The Labute approximate surface area is 119 Å². The van der Waals surface area contributed by atoms with E-state index in [1.165, 1.54) is 12.1 Å². The maximum absolute atomic E-state index is 13.4.